The summed E-state index contributed by atoms with van der Waals surface area (Å²) in [7, 11) is 1.49. The van der Waals surface area contributed by atoms with E-state index in [4.69, 9.17) is 0 Å². The van der Waals surface area contributed by atoms with Crippen LogP contribution >= 0.6 is 0 Å². The van der Waals surface area contributed by atoms with Crippen LogP contribution in [0.15, 0.2) is 18.2 Å². The van der Waals surface area contributed by atoms with Crippen LogP contribution in [0.2, 0.25) is 0 Å². The monoisotopic (exact) mass is 292 g/mol. The Bertz CT molecular complexity index is 739. The number of halogens is 1. The van der Waals surface area contributed by atoms with Crippen molar-refractivity contribution in [2.45, 2.75) is 13.8 Å². The molecule has 0 aliphatic rings. The minimum Gasteiger partial charge on any atom is -0.318 e. The van der Waals surface area contributed by atoms with E-state index in [9.17, 15) is 19.3 Å². The summed E-state index contributed by atoms with van der Waals surface area (Å²) in [6, 6.07) is 4.20. The molecule has 0 aliphatic carbocycles. The lowest BCUT2D eigenvalue weighted by molar-refractivity contribution is -0.385. The van der Waals surface area contributed by atoms with Crippen molar-refractivity contribution in [1.82, 2.24) is 9.78 Å². The Hall–Kier alpha value is -2.77. The third-order valence-electron chi connectivity index (χ3n) is 3.07. The average Bonchev–Trinajstić information content (AvgIpc) is 2.70. The molecule has 0 atom stereocenters. The average molecular weight is 292 g/mol. The van der Waals surface area contributed by atoms with E-state index in [-0.39, 0.29) is 22.8 Å². The molecule has 0 bridgehead atoms. The molecule has 0 spiro atoms. The Labute approximate surface area is 119 Å². The van der Waals surface area contributed by atoms with E-state index in [0.717, 1.165) is 5.56 Å². The maximum atomic E-state index is 13.6. The number of carbonyl (C=O) groups is 1. The van der Waals surface area contributed by atoms with E-state index in [1.54, 1.807) is 13.0 Å². The van der Waals surface area contributed by atoms with Gasteiger partial charge in [-0.2, -0.15) is 5.10 Å². The highest BCUT2D eigenvalue weighted by Gasteiger charge is 2.29. The first kappa shape index (κ1) is 14.6. The van der Waals surface area contributed by atoms with Gasteiger partial charge < -0.3 is 5.32 Å². The molecule has 7 nitrogen and oxygen atoms in total. The lowest BCUT2D eigenvalue weighted by atomic mass is 10.2. The van der Waals surface area contributed by atoms with Gasteiger partial charge in [0.2, 0.25) is 5.69 Å². The molecule has 1 N–H and O–H groups in total. The number of nitro groups is 1. The topological polar surface area (TPSA) is 90.1 Å². The molecule has 21 heavy (non-hydrogen) atoms. The van der Waals surface area contributed by atoms with Crippen LogP contribution in [0.4, 0.5) is 15.8 Å². The summed E-state index contributed by atoms with van der Waals surface area (Å²) in [6.07, 6.45) is 0. The standard InChI is InChI=1S/C13H13FN4O3/c1-7-4-5-9(14)10(6-7)15-13(19)11-12(18(20)21)8(2)17(3)16-11/h4-6H,1-3H3,(H,15,19). The number of hydrogen-bond acceptors (Lipinski definition) is 4. The molecular weight excluding hydrogens is 279 g/mol. The number of nitrogens with zero attached hydrogens (tertiary/aromatic N) is 3. The van der Waals surface area contributed by atoms with Gasteiger partial charge in [0.05, 0.1) is 10.6 Å². The van der Waals surface area contributed by atoms with Gasteiger partial charge in [-0.15, -0.1) is 0 Å². The summed E-state index contributed by atoms with van der Waals surface area (Å²) in [5, 5.41) is 17.2. The number of carbonyl (C=O) groups excluding carboxylic acids is 1. The molecule has 8 heteroatoms. The molecule has 2 aromatic rings. The highest BCUT2D eigenvalue weighted by Crippen LogP contribution is 2.24. The number of anilines is 1. The summed E-state index contributed by atoms with van der Waals surface area (Å²) < 4.78 is 14.9. The van der Waals surface area contributed by atoms with E-state index < -0.39 is 16.6 Å². The van der Waals surface area contributed by atoms with Crippen molar-refractivity contribution < 1.29 is 14.1 Å². The second kappa shape index (κ2) is 5.31. The van der Waals surface area contributed by atoms with Crippen LogP contribution < -0.4 is 5.32 Å². The summed E-state index contributed by atoms with van der Waals surface area (Å²) in [4.78, 5) is 22.5. The van der Waals surface area contributed by atoms with E-state index in [1.807, 2.05) is 0 Å². The van der Waals surface area contributed by atoms with Crippen LogP contribution in [0.5, 0.6) is 0 Å². The largest absolute Gasteiger partial charge is 0.322 e. The van der Waals surface area contributed by atoms with Crippen molar-refractivity contribution in [2.24, 2.45) is 7.05 Å². The maximum Gasteiger partial charge on any atom is 0.322 e. The summed E-state index contributed by atoms with van der Waals surface area (Å²) in [5.74, 6) is -1.45. The molecule has 2 rings (SSSR count). The Morgan fingerprint density at radius 1 is 1.43 bits per heavy atom. The Kier molecular flexibility index (Phi) is 3.70. The fourth-order valence-electron chi connectivity index (χ4n) is 1.88. The van der Waals surface area contributed by atoms with Crippen molar-refractivity contribution in [3.05, 3.63) is 51.1 Å². The van der Waals surface area contributed by atoms with Crippen LogP contribution in [0.25, 0.3) is 0 Å². The predicted octanol–water partition coefficient (Wildman–Crippen LogP) is 2.34. The number of aryl methyl sites for hydroxylation is 2. The van der Waals surface area contributed by atoms with E-state index in [1.165, 1.54) is 30.8 Å². The fourth-order valence-corrected chi connectivity index (χ4v) is 1.88. The first-order valence-electron chi connectivity index (χ1n) is 6.06. The minimum absolute atomic E-state index is 0.0439. The Morgan fingerprint density at radius 2 is 2.10 bits per heavy atom. The SMILES string of the molecule is Cc1ccc(F)c(NC(=O)c2nn(C)c(C)c2[N+](=O)[O-])c1. The van der Waals surface area contributed by atoms with Gasteiger partial charge in [-0.05, 0) is 31.5 Å². The van der Waals surface area contributed by atoms with Crippen LogP contribution in [0.3, 0.4) is 0 Å². The number of hydrogen-bond donors (Lipinski definition) is 1. The maximum absolute atomic E-state index is 13.6. The predicted molar refractivity (Wildman–Crippen MR) is 73.7 cm³/mol. The molecule has 0 aliphatic heterocycles. The second-order valence-corrected chi connectivity index (χ2v) is 4.60. The second-order valence-electron chi connectivity index (χ2n) is 4.60. The highest BCUT2D eigenvalue weighted by molar-refractivity contribution is 6.05. The van der Waals surface area contributed by atoms with E-state index in [2.05, 4.69) is 10.4 Å². The smallest absolute Gasteiger partial charge is 0.318 e. The molecule has 1 heterocycles. The van der Waals surface area contributed by atoms with Gasteiger partial charge in [0.15, 0.2) is 0 Å². The Balaban J connectivity index is 2.39. The van der Waals surface area contributed by atoms with Gasteiger partial charge in [0.1, 0.15) is 11.5 Å². The molecule has 1 amide bonds. The van der Waals surface area contributed by atoms with Crippen molar-refractivity contribution in [1.29, 1.82) is 0 Å². The molecule has 110 valence electrons. The lowest BCUT2D eigenvalue weighted by Gasteiger charge is -2.05. The van der Waals surface area contributed by atoms with Crippen molar-refractivity contribution in [3.8, 4) is 0 Å². The van der Waals surface area contributed by atoms with Gasteiger partial charge in [-0.25, -0.2) is 4.39 Å². The number of nitrogens with one attached hydrogen (secondary N) is 1. The molecule has 0 saturated heterocycles. The van der Waals surface area contributed by atoms with Crippen molar-refractivity contribution in [3.63, 3.8) is 0 Å². The molecule has 0 radical (unpaired) electrons. The van der Waals surface area contributed by atoms with Gasteiger partial charge in [-0.3, -0.25) is 19.6 Å². The van der Waals surface area contributed by atoms with Crippen molar-refractivity contribution >= 4 is 17.3 Å². The quantitative estimate of drug-likeness (QED) is 0.694. The zero-order chi connectivity index (χ0) is 15.7. The fraction of sp³-hybridized carbons (Fsp3) is 0.231. The third-order valence-corrected chi connectivity index (χ3v) is 3.07. The summed E-state index contributed by atoms with van der Waals surface area (Å²) in [6.45, 7) is 3.22. The molecule has 1 aromatic heterocycles. The number of benzene rings is 1. The molecule has 1 aromatic carbocycles. The Morgan fingerprint density at radius 3 is 2.71 bits per heavy atom. The third kappa shape index (κ3) is 2.73. The normalized spacial score (nSPS) is 10.5. The van der Waals surface area contributed by atoms with E-state index >= 15 is 0 Å². The molecule has 0 saturated carbocycles. The first-order chi connectivity index (χ1) is 9.81. The van der Waals surface area contributed by atoms with Crippen LogP contribution in [0.1, 0.15) is 21.7 Å². The van der Waals surface area contributed by atoms with Crippen LogP contribution in [0, 0.1) is 29.8 Å². The van der Waals surface area contributed by atoms with Crippen LogP contribution in [-0.4, -0.2) is 20.6 Å². The minimum atomic E-state index is -0.824. The van der Waals surface area contributed by atoms with Gasteiger partial charge in [-0.1, -0.05) is 6.07 Å². The highest BCUT2D eigenvalue weighted by atomic mass is 19.1. The summed E-state index contributed by atoms with van der Waals surface area (Å²) >= 11 is 0. The van der Waals surface area contributed by atoms with Gasteiger partial charge in [0.25, 0.3) is 5.91 Å². The molecule has 0 fully saturated rings. The zero-order valence-electron chi connectivity index (χ0n) is 11.7. The van der Waals surface area contributed by atoms with Crippen molar-refractivity contribution in [2.75, 3.05) is 5.32 Å². The molecule has 0 unspecified atom stereocenters. The lowest BCUT2D eigenvalue weighted by Crippen LogP contribution is -2.15. The zero-order valence-corrected chi connectivity index (χ0v) is 11.7. The number of amides is 1. The number of aromatic nitrogens is 2. The number of rotatable bonds is 3. The first-order valence-corrected chi connectivity index (χ1v) is 6.06. The van der Waals surface area contributed by atoms with Gasteiger partial charge in [0, 0.05) is 7.05 Å². The van der Waals surface area contributed by atoms with E-state index in [0.29, 0.717) is 0 Å². The molecular formula is C13H13FN4O3. The summed E-state index contributed by atoms with van der Waals surface area (Å²) in [5.41, 5.74) is 0.217. The van der Waals surface area contributed by atoms with Crippen LogP contribution in [-0.2, 0) is 7.05 Å². The van der Waals surface area contributed by atoms with Gasteiger partial charge >= 0.3 is 5.69 Å².